The molecular formula is C12H11N3O. The minimum absolute atomic E-state index is 0.134. The van der Waals surface area contributed by atoms with Crippen molar-refractivity contribution >= 4 is 17.2 Å². The van der Waals surface area contributed by atoms with Gasteiger partial charge in [-0.1, -0.05) is 18.2 Å². The number of allylic oxidation sites excluding steroid dienone is 1. The average Bonchev–Trinajstić information content (AvgIpc) is 2.32. The molecule has 0 radical (unpaired) electrons. The summed E-state index contributed by atoms with van der Waals surface area (Å²) in [7, 11) is 0. The predicted molar refractivity (Wildman–Crippen MR) is 62.0 cm³/mol. The van der Waals surface area contributed by atoms with Crippen LogP contribution in [-0.4, -0.2) is 17.7 Å². The summed E-state index contributed by atoms with van der Waals surface area (Å²) < 4.78 is 0. The Morgan fingerprint density at radius 1 is 1.19 bits per heavy atom. The van der Waals surface area contributed by atoms with Crippen molar-refractivity contribution in [1.82, 2.24) is 0 Å². The number of benzene rings is 1. The van der Waals surface area contributed by atoms with Gasteiger partial charge in [0.2, 0.25) is 11.9 Å². The fourth-order valence-electron chi connectivity index (χ4n) is 1.29. The van der Waals surface area contributed by atoms with Crippen molar-refractivity contribution < 1.29 is 4.79 Å². The number of ketones is 1. The van der Waals surface area contributed by atoms with E-state index in [9.17, 15) is 4.79 Å². The van der Waals surface area contributed by atoms with E-state index in [-0.39, 0.29) is 5.78 Å². The Bertz CT molecular complexity index is 474. The van der Waals surface area contributed by atoms with Crippen LogP contribution in [0.25, 0.3) is 0 Å². The van der Waals surface area contributed by atoms with Gasteiger partial charge in [-0.2, -0.15) is 10.2 Å². The van der Waals surface area contributed by atoms with E-state index in [1.165, 1.54) is 6.08 Å². The second-order valence-corrected chi connectivity index (χ2v) is 3.43. The first-order valence-corrected chi connectivity index (χ1v) is 4.98. The lowest BCUT2D eigenvalue weighted by atomic mass is 10.2. The molecule has 1 atom stereocenters. The molecule has 1 heterocycles. The molecule has 1 unspecified atom stereocenters. The summed E-state index contributed by atoms with van der Waals surface area (Å²) in [6.45, 7) is 1.83. The number of azo groups is 1. The van der Waals surface area contributed by atoms with Crippen LogP contribution in [-0.2, 0) is 4.79 Å². The maximum atomic E-state index is 11.4. The molecule has 4 nitrogen and oxygen atoms in total. The van der Waals surface area contributed by atoms with E-state index in [0.29, 0.717) is 0 Å². The van der Waals surface area contributed by atoms with Crippen molar-refractivity contribution in [2.45, 2.75) is 13.1 Å². The maximum Gasteiger partial charge on any atom is 0.222 e. The summed E-state index contributed by atoms with van der Waals surface area (Å²) in [5.41, 5.74) is 1.51. The normalized spacial score (nSPS) is 20.2. The van der Waals surface area contributed by atoms with Crippen molar-refractivity contribution in [3.63, 3.8) is 0 Å². The first-order chi connectivity index (χ1) is 7.75. The number of nitrogens with zero attached hydrogens (tertiary/aromatic N) is 3. The molecule has 2 rings (SSSR count). The average molecular weight is 213 g/mol. The van der Waals surface area contributed by atoms with E-state index in [1.807, 2.05) is 37.3 Å². The number of rotatable bonds is 2. The quantitative estimate of drug-likeness (QED) is 0.697. The molecule has 4 heteroatoms. The summed E-state index contributed by atoms with van der Waals surface area (Å²) in [5.74, 6) is -0.134. The molecular weight excluding hydrogens is 202 g/mol. The Hall–Kier alpha value is -2.10. The number of dihydropyridines is 1. The lowest BCUT2D eigenvalue weighted by molar-refractivity contribution is -0.115. The van der Waals surface area contributed by atoms with Crippen molar-refractivity contribution in [1.29, 1.82) is 0 Å². The number of hydrogen-bond acceptors (Lipinski definition) is 4. The molecule has 0 aliphatic carbocycles. The van der Waals surface area contributed by atoms with Gasteiger partial charge < -0.3 is 0 Å². The Labute approximate surface area is 93.4 Å². The third kappa shape index (κ3) is 2.48. The summed E-state index contributed by atoms with van der Waals surface area (Å²) in [6, 6.07) is 9.28. The van der Waals surface area contributed by atoms with Gasteiger partial charge in [0, 0.05) is 5.71 Å². The third-order valence-electron chi connectivity index (χ3n) is 2.11. The number of hydrogen-bond donors (Lipinski definition) is 0. The molecule has 1 aromatic rings. The van der Waals surface area contributed by atoms with Gasteiger partial charge in [0.25, 0.3) is 0 Å². The van der Waals surface area contributed by atoms with Crippen LogP contribution in [0.15, 0.2) is 57.7 Å². The highest BCUT2D eigenvalue weighted by Crippen LogP contribution is 2.13. The maximum absolute atomic E-state index is 11.4. The molecule has 0 aromatic heterocycles. The fourth-order valence-corrected chi connectivity index (χ4v) is 1.29. The van der Waals surface area contributed by atoms with E-state index in [1.54, 1.807) is 6.08 Å². The van der Waals surface area contributed by atoms with Gasteiger partial charge >= 0.3 is 0 Å². The first kappa shape index (κ1) is 10.4. The van der Waals surface area contributed by atoms with E-state index in [0.717, 1.165) is 11.4 Å². The zero-order valence-electron chi connectivity index (χ0n) is 8.87. The molecule has 0 fully saturated rings. The molecule has 0 saturated heterocycles. The second kappa shape index (κ2) is 4.61. The highest BCUT2D eigenvalue weighted by molar-refractivity contribution is 6.06. The predicted octanol–water partition coefficient (Wildman–Crippen LogP) is 2.70. The Kier molecular flexibility index (Phi) is 3.00. The van der Waals surface area contributed by atoms with Crippen molar-refractivity contribution in [2.24, 2.45) is 15.2 Å². The summed E-state index contributed by atoms with van der Waals surface area (Å²) >= 11 is 0. The first-order valence-electron chi connectivity index (χ1n) is 4.98. The van der Waals surface area contributed by atoms with Gasteiger partial charge in [0.05, 0.1) is 5.69 Å². The Morgan fingerprint density at radius 2 is 1.94 bits per heavy atom. The lowest BCUT2D eigenvalue weighted by Gasteiger charge is -2.07. The molecule has 1 aliphatic heterocycles. The molecule has 1 aliphatic rings. The molecule has 0 N–H and O–H groups in total. The van der Waals surface area contributed by atoms with E-state index < -0.39 is 6.17 Å². The monoisotopic (exact) mass is 213 g/mol. The van der Waals surface area contributed by atoms with Crippen molar-refractivity contribution in [2.75, 3.05) is 0 Å². The van der Waals surface area contributed by atoms with Crippen LogP contribution in [0, 0.1) is 0 Å². The lowest BCUT2D eigenvalue weighted by Crippen LogP contribution is -2.18. The zero-order valence-corrected chi connectivity index (χ0v) is 8.87. The van der Waals surface area contributed by atoms with E-state index >= 15 is 0 Å². The molecule has 80 valence electrons. The minimum atomic E-state index is -0.717. The zero-order chi connectivity index (χ0) is 11.4. The van der Waals surface area contributed by atoms with Crippen LogP contribution in [0.5, 0.6) is 0 Å². The Morgan fingerprint density at radius 3 is 2.69 bits per heavy atom. The fraction of sp³-hybridized carbons (Fsp3) is 0.167. The Balaban J connectivity index is 2.13. The molecule has 0 saturated carbocycles. The van der Waals surface area contributed by atoms with Gasteiger partial charge in [-0.3, -0.25) is 9.79 Å². The standard InChI is InChI=1S/C12H11N3O/c1-9-7-8-11(16)12(13-9)15-14-10-5-3-2-4-6-10/h2-8,12H,1H3. The van der Waals surface area contributed by atoms with Crippen LogP contribution in [0.2, 0.25) is 0 Å². The van der Waals surface area contributed by atoms with Gasteiger partial charge in [0.15, 0.2) is 0 Å². The van der Waals surface area contributed by atoms with Crippen LogP contribution in [0.1, 0.15) is 6.92 Å². The largest absolute Gasteiger partial charge is 0.290 e. The second-order valence-electron chi connectivity index (χ2n) is 3.43. The van der Waals surface area contributed by atoms with Crippen LogP contribution < -0.4 is 0 Å². The molecule has 16 heavy (non-hydrogen) atoms. The topological polar surface area (TPSA) is 54.1 Å². The summed E-state index contributed by atoms with van der Waals surface area (Å²) in [5, 5.41) is 7.90. The highest BCUT2D eigenvalue weighted by Gasteiger charge is 2.16. The molecule has 1 aromatic carbocycles. The smallest absolute Gasteiger partial charge is 0.222 e. The highest BCUT2D eigenvalue weighted by atomic mass is 16.1. The van der Waals surface area contributed by atoms with Gasteiger partial charge in [-0.15, -0.1) is 0 Å². The SMILES string of the molecule is CC1=NC(N=Nc2ccccc2)C(=O)C=C1. The molecule has 0 amide bonds. The van der Waals surface area contributed by atoms with E-state index in [2.05, 4.69) is 15.2 Å². The van der Waals surface area contributed by atoms with Crippen LogP contribution in [0.4, 0.5) is 5.69 Å². The number of aliphatic imine (C=N–C) groups is 1. The van der Waals surface area contributed by atoms with E-state index in [4.69, 9.17) is 0 Å². The van der Waals surface area contributed by atoms with Crippen LogP contribution >= 0.6 is 0 Å². The molecule has 0 spiro atoms. The van der Waals surface area contributed by atoms with Gasteiger partial charge in [-0.05, 0) is 31.2 Å². The molecule has 0 bridgehead atoms. The number of carbonyl (C=O) groups excluding carboxylic acids is 1. The van der Waals surface area contributed by atoms with Gasteiger partial charge in [0.1, 0.15) is 0 Å². The van der Waals surface area contributed by atoms with Crippen molar-refractivity contribution in [3.05, 3.63) is 42.5 Å². The summed E-state index contributed by atoms with van der Waals surface area (Å²) in [6.07, 6.45) is 2.44. The summed E-state index contributed by atoms with van der Waals surface area (Å²) in [4.78, 5) is 15.5. The number of carbonyl (C=O) groups is 1. The van der Waals surface area contributed by atoms with Crippen molar-refractivity contribution in [3.8, 4) is 0 Å². The van der Waals surface area contributed by atoms with Crippen LogP contribution in [0.3, 0.4) is 0 Å². The van der Waals surface area contributed by atoms with Gasteiger partial charge in [-0.25, -0.2) is 0 Å². The third-order valence-corrected chi connectivity index (χ3v) is 2.11. The minimum Gasteiger partial charge on any atom is -0.290 e.